The van der Waals surface area contributed by atoms with Crippen molar-refractivity contribution in [2.45, 2.75) is 54.9 Å². The number of carbonyl (C=O) groups is 1. The van der Waals surface area contributed by atoms with Gasteiger partial charge >= 0.3 is 0 Å². The molecule has 2 aliphatic rings. The van der Waals surface area contributed by atoms with E-state index in [-0.39, 0.29) is 5.41 Å². The first-order chi connectivity index (χ1) is 14.6. The van der Waals surface area contributed by atoms with Gasteiger partial charge in [-0.3, -0.25) is 4.79 Å². The quantitative estimate of drug-likeness (QED) is 0.431. The summed E-state index contributed by atoms with van der Waals surface area (Å²) >= 11 is 7.74. The number of rotatable bonds is 3. The largest absolute Gasteiger partial charge is 0.294 e. The highest BCUT2D eigenvalue weighted by Crippen LogP contribution is 2.50. The molecule has 0 unspecified atom stereocenters. The summed E-state index contributed by atoms with van der Waals surface area (Å²) in [5.41, 5.74) is 4.28. The molecule has 1 aromatic carbocycles. The van der Waals surface area contributed by atoms with E-state index in [2.05, 4.69) is 28.2 Å². The number of nitrogens with zero attached hydrogens (tertiary/aromatic N) is 2. The topological polar surface area (TPSA) is 42.9 Å². The van der Waals surface area contributed by atoms with Gasteiger partial charge in [0.25, 0.3) is 0 Å². The van der Waals surface area contributed by atoms with Crippen molar-refractivity contribution in [2.24, 2.45) is 5.41 Å². The summed E-state index contributed by atoms with van der Waals surface area (Å²) in [4.78, 5) is 22.9. The van der Waals surface area contributed by atoms with Gasteiger partial charge in [-0.25, -0.2) is 9.97 Å². The van der Waals surface area contributed by atoms with Crippen LogP contribution >= 0.6 is 23.4 Å². The molecule has 0 saturated heterocycles. The summed E-state index contributed by atoms with van der Waals surface area (Å²) in [5, 5.41) is 1.49. The van der Waals surface area contributed by atoms with Crippen molar-refractivity contribution in [3.8, 4) is 0 Å². The van der Waals surface area contributed by atoms with Crippen molar-refractivity contribution in [2.75, 3.05) is 0 Å². The van der Waals surface area contributed by atoms with E-state index in [0.717, 1.165) is 53.2 Å². The SMILES string of the molecule is Cc1c(Sc2ccc([C@H]3CC[C@@]4(CC3)Cc3ccccc3C4=O)cn2)ccnc1Cl. The summed E-state index contributed by atoms with van der Waals surface area (Å²) < 4.78 is 0. The highest BCUT2D eigenvalue weighted by molar-refractivity contribution is 7.99. The maximum atomic E-state index is 13.1. The van der Waals surface area contributed by atoms with Crippen molar-refractivity contribution in [1.82, 2.24) is 9.97 Å². The van der Waals surface area contributed by atoms with Gasteiger partial charge in [-0.05, 0) is 68.2 Å². The van der Waals surface area contributed by atoms with Crippen molar-refractivity contribution < 1.29 is 4.79 Å². The molecule has 0 bridgehead atoms. The summed E-state index contributed by atoms with van der Waals surface area (Å²) in [6.45, 7) is 1.98. The minimum atomic E-state index is -0.165. The van der Waals surface area contributed by atoms with Gasteiger partial charge in [0.15, 0.2) is 5.78 Å². The molecule has 5 rings (SSSR count). The van der Waals surface area contributed by atoms with E-state index in [0.29, 0.717) is 16.9 Å². The highest BCUT2D eigenvalue weighted by atomic mass is 35.5. The lowest BCUT2D eigenvalue weighted by molar-refractivity contribution is 0.0734. The normalized spacial score (nSPS) is 23.0. The second-order valence-corrected chi connectivity index (χ2v) is 9.89. The zero-order chi connectivity index (χ0) is 20.7. The zero-order valence-electron chi connectivity index (χ0n) is 16.9. The molecule has 1 fully saturated rings. The second kappa shape index (κ2) is 7.82. The molecule has 0 radical (unpaired) electrons. The van der Waals surface area contributed by atoms with Crippen LogP contribution in [0.2, 0.25) is 5.15 Å². The van der Waals surface area contributed by atoms with E-state index in [9.17, 15) is 4.79 Å². The Bertz CT molecular complexity index is 1100. The molecule has 0 atom stereocenters. The maximum absolute atomic E-state index is 13.1. The Morgan fingerprint density at radius 2 is 1.87 bits per heavy atom. The Balaban J connectivity index is 1.26. The predicted molar refractivity (Wildman–Crippen MR) is 120 cm³/mol. The van der Waals surface area contributed by atoms with Crippen LogP contribution in [0.5, 0.6) is 0 Å². The first kappa shape index (κ1) is 19.8. The molecular formula is C25H23ClN2OS. The van der Waals surface area contributed by atoms with E-state index >= 15 is 0 Å². The lowest BCUT2D eigenvalue weighted by atomic mass is 9.67. The number of carbonyl (C=O) groups excluding carboxylic acids is 1. The fraction of sp³-hybridized carbons (Fsp3) is 0.320. The number of ketones is 1. The van der Waals surface area contributed by atoms with Gasteiger partial charge in [0.1, 0.15) is 10.2 Å². The van der Waals surface area contributed by atoms with Crippen LogP contribution in [0.4, 0.5) is 0 Å². The molecule has 0 aliphatic heterocycles. The Morgan fingerprint density at radius 3 is 2.60 bits per heavy atom. The van der Waals surface area contributed by atoms with Crippen LogP contribution in [-0.4, -0.2) is 15.8 Å². The van der Waals surface area contributed by atoms with Crippen molar-refractivity contribution in [3.63, 3.8) is 0 Å². The van der Waals surface area contributed by atoms with Crippen LogP contribution in [-0.2, 0) is 6.42 Å². The summed E-state index contributed by atoms with van der Waals surface area (Å²) in [6.07, 6.45) is 8.68. The minimum absolute atomic E-state index is 0.165. The van der Waals surface area contributed by atoms with E-state index < -0.39 is 0 Å². The number of hydrogen-bond acceptors (Lipinski definition) is 4. The smallest absolute Gasteiger partial charge is 0.169 e. The molecule has 1 saturated carbocycles. The summed E-state index contributed by atoms with van der Waals surface area (Å²) in [7, 11) is 0. The molecule has 1 spiro atoms. The fourth-order valence-corrected chi connectivity index (χ4v) is 6.00. The molecule has 3 nitrogen and oxygen atoms in total. The number of halogens is 1. The molecule has 2 aromatic heterocycles. The third kappa shape index (κ3) is 3.46. The highest BCUT2D eigenvalue weighted by Gasteiger charge is 2.47. The zero-order valence-corrected chi connectivity index (χ0v) is 18.5. The molecule has 30 heavy (non-hydrogen) atoms. The number of aromatic nitrogens is 2. The van der Waals surface area contributed by atoms with Crippen molar-refractivity contribution in [3.05, 3.63) is 82.3 Å². The van der Waals surface area contributed by atoms with Crippen LogP contribution in [0.25, 0.3) is 0 Å². The van der Waals surface area contributed by atoms with Crippen molar-refractivity contribution in [1.29, 1.82) is 0 Å². The van der Waals surface area contributed by atoms with Gasteiger partial charge in [-0.15, -0.1) is 0 Å². The first-order valence-corrected chi connectivity index (χ1v) is 11.6. The summed E-state index contributed by atoms with van der Waals surface area (Å²) in [6, 6.07) is 14.4. The molecule has 0 amide bonds. The number of hydrogen-bond donors (Lipinski definition) is 0. The second-order valence-electron chi connectivity index (χ2n) is 8.47. The fourth-order valence-electron chi connectivity index (χ4n) is 4.94. The third-order valence-electron chi connectivity index (χ3n) is 6.75. The molecule has 152 valence electrons. The molecule has 2 heterocycles. The minimum Gasteiger partial charge on any atom is -0.294 e. The van der Waals surface area contributed by atoms with Crippen LogP contribution in [0.15, 0.2) is 64.8 Å². The average molecular weight is 435 g/mol. The summed E-state index contributed by atoms with van der Waals surface area (Å²) in [5.74, 6) is 0.851. The van der Waals surface area contributed by atoms with Gasteiger partial charge in [0, 0.05) is 33.8 Å². The molecule has 2 aliphatic carbocycles. The number of pyridine rings is 2. The van der Waals surface area contributed by atoms with Crippen LogP contribution in [0.3, 0.4) is 0 Å². The Kier molecular flexibility index (Phi) is 5.16. The number of benzene rings is 1. The van der Waals surface area contributed by atoms with E-state index in [1.54, 1.807) is 18.0 Å². The van der Waals surface area contributed by atoms with E-state index in [4.69, 9.17) is 11.6 Å². The number of fused-ring (bicyclic) bond motifs is 1. The van der Waals surface area contributed by atoms with Crippen molar-refractivity contribution >= 4 is 29.1 Å². The standard InChI is InChI=1S/C25H23ClN2OS/c1-16-21(10-13-27-24(16)26)30-22-7-6-19(15-28-22)17-8-11-25(12-9-17)14-18-4-2-3-5-20(18)23(25)29/h2-7,10,13,15,17H,8-9,11-12,14H2,1H3/t17-,25+. The van der Waals surface area contributed by atoms with Gasteiger partial charge < -0.3 is 0 Å². The Hall–Kier alpha value is -2.17. The van der Waals surface area contributed by atoms with Gasteiger partial charge in [0.05, 0.1) is 0 Å². The average Bonchev–Trinajstić information content (AvgIpc) is 3.04. The predicted octanol–water partition coefficient (Wildman–Crippen LogP) is 6.67. The first-order valence-electron chi connectivity index (χ1n) is 10.4. The lowest BCUT2D eigenvalue weighted by Gasteiger charge is -2.36. The molecule has 3 aromatic rings. The Labute approximate surface area is 186 Å². The van der Waals surface area contributed by atoms with E-state index in [1.165, 1.54) is 11.1 Å². The van der Waals surface area contributed by atoms with E-state index in [1.807, 2.05) is 37.4 Å². The lowest BCUT2D eigenvalue weighted by Crippen LogP contribution is -2.32. The van der Waals surface area contributed by atoms with Gasteiger partial charge in [-0.2, -0.15) is 0 Å². The third-order valence-corrected chi connectivity index (χ3v) is 8.25. The number of Topliss-reactive ketones (excluding diaryl/α,β-unsaturated/α-hetero) is 1. The van der Waals surface area contributed by atoms with Crippen LogP contribution in [0, 0.1) is 12.3 Å². The van der Waals surface area contributed by atoms with Gasteiger partial charge in [-0.1, -0.05) is 53.7 Å². The monoisotopic (exact) mass is 434 g/mol. The van der Waals surface area contributed by atoms with Crippen LogP contribution in [0.1, 0.15) is 58.6 Å². The maximum Gasteiger partial charge on any atom is 0.169 e. The van der Waals surface area contributed by atoms with Crippen LogP contribution < -0.4 is 0 Å². The van der Waals surface area contributed by atoms with Gasteiger partial charge in [0.2, 0.25) is 0 Å². The molecule has 5 heteroatoms. The molecular weight excluding hydrogens is 412 g/mol. The Morgan fingerprint density at radius 1 is 1.07 bits per heavy atom. The molecule has 0 N–H and O–H groups in total.